The molecule has 1 saturated heterocycles. The van der Waals surface area contributed by atoms with Crippen molar-refractivity contribution in [2.24, 2.45) is 18.9 Å². The van der Waals surface area contributed by atoms with Gasteiger partial charge in [0.25, 0.3) is 5.91 Å². The van der Waals surface area contributed by atoms with Crippen LogP contribution in [0.4, 0.5) is 0 Å². The lowest BCUT2D eigenvalue weighted by molar-refractivity contribution is 0.0671. The van der Waals surface area contributed by atoms with Crippen LogP contribution in [0.5, 0.6) is 5.75 Å². The van der Waals surface area contributed by atoms with E-state index in [1.165, 1.54) is 19.3 Å². The standard InChI is InChI=1S/C28H33N5O2/c1-4-18-7-6-12-32(16-18)28(34)21-13-22-25(24(15-21)35-3)31(2)27(30-22)23-14-20-8-5-11-29-26(20)33(23)17-19-9-10-19/h5,8,11,13-15,18-19H,4,6-7,9-10,12,16-17H2,1-3H3/t18-/m1/s1. The van der Waals surface area contributed by atoms with E-state index >= 15 is 0 Å². The quantitative estimate of drug-likeness (QED) is 0.384. The minimum Gasteiger partial charge on any atom is -0.494 e. The molecule has 3 aromatic heterocycles. The van der Waals surface area contributed by atoms with Gasteiger partial charge in [-0.3, -0.25) is 4.79 Å². The zero-order valence-electron chi connectivity index (χ0n) is 20.8. The van der Waals surface area contributed by atoms with Gasteiger partial charge in [0.1, 0.15) is 16.9 Å². The summed E-state index contributed by atoms with van der Waals surface area (Å²) in [5.41, 5.74) is 4.39. The number of aromatic nitrogens is 4. The highest BCUT2D eigenvalue weighted by Crippen LogP contribution is 2.37. The molecule has 7 nitrogen and oxygen atoms in total. The molecule has 35 heavy (non-hydrogen) atoms. The molecule has 0 unspecified atom stereocenters. The Morgan fingerprint density at radius 2 is 2.03 bits per heavy atom. The second kappa shape index (κ2) is 8.70. The van der Waals surface area contributed by atoms with Crippen molar-refractivity contribution in [2.45, 2.75) is 45.6 Å². The number of amides is 1. The highest BCUT2D eigenvalue weighted by atomic mass is 16.5. The smallest absolute Gasteiger partial charge is 0.254 e. The molecule has 1 aliphatic carbocycles. The van der Waals surface area contributed by atoms with Crippen molar-refractivity contribution in [1.82, 2.24) is 24.0 Å². The summed E-state index contributed by atoms with van der Waals surface area (Å²) in [5.74, 6) is 2.91. The van der Waals surface area contributed by atoms with E-state index < -0.39 is 0 Å². The zero-order chi connectivity index (χ0) is 24.1. The van der Waals surface area contributed by atoms with Gasteiger partial charge in [0.2, 0.25) is 0 Å². The number of likely N-dealkylation sites (tertiary alicyclic amines) is 1. The van der Waals surface area contributed by atoms with E-state index in [0.29, 0.717) is 23.1 Å². The van der Waals surface area contributed by atoms with Gasteiger partial charge in [-0.25, -0.2) is 9.97 Å². The van der Waals surface area contributed by atoms with E-state index in [2.05, 4.69) is 33.2 Å². The maximum atomic E-state index is 13.5. The topological polar surface area (TPSA) is 65.2 Å². The number of piperidine rings is 1. The SMILES string of the molecule is CC[C@@H]1CCCN(C(=O)c2cc(OC)c3c(c2)nc(-c2cc4cccnc4n2CC2CC2)n3C)C1. The molecule has 1 aromatic carbocycles. The third-order valence-electron chi connectivity index (χ3n) is 7.81. The Labute approximate surface area is 205 Å². The first kappa shape index (κ1) is 22.1. The first-order valence-corrected chi connectivity index (χ1v) is 12.9. The minimum atomic E-state index is 0.0719. The van der Waals surface area contributed by atoms with Gasteiger partial charge in [-0.15, -0.1) is 0 Å². The van der Waals surface area contributed by atoms with E-state index in [0.717, 1.165) is 66.1 Å². The van der Waals surface area contributed by atoms with Crippen LogP contribution in [-0.2, 0) is 13.6 Å². The molecule has 182 valence electrons. The van der Waals surface area contributed by atoms with Crippen LogP contribution in [-0.4, -0.2) is 50.1 Å². The Bertz CT molecular complexity index is 1410. The number of carbonyl (C=O) groups is 1. The Morgan fingerprint density at radius 1 is 1.17 bits per heavy atom. The zero-order valence-corrected chi connectivity index (χ0v) is 20.8. The van der Waals surface area contributed by atoms with Crippen molar-refractivity contribution < 1.29 is 9.53 Å². The third kappa shape index (κ3) is 3.87. The monoisotopic (exact) mass is 471 g/mol. The number of hydrogen-bond donors (Lipinski definition) is 0. The number of benzene rings is 1. The van der Waals surface area contributed by atoms with Gasteiger partial charge in [-0.1, -0.05) is 13.3 Å². The number of nitrogens with zero attached hydrogens (tertiary/aromatic N) is 5. The molecule has 0 bridgehead atoms. The minimum absolute atomic E-state index is 0.0719. The lowest BCUT2D eigenvalue weighted by Crippen LogP contribution is -2.39. The fourth-order valence-corrected chi connectivity index (χ4v) is 5.60. The van der Waals surface area contributed by atoms with Crippen molar-refractivity contribution >= 4 is 28.0 Å². The Kier molecular flexibility index (Phi) is 5.50. The molecule has 2 fully saturated rings. The Morgan fingerprint density at radius 3 is 2.80 bits per heavy atom. The first-order chi connectivity index (χ1) is 17.1. The highest BCUT2D eigenvalue weighted by molar-refractivity contribution is 6.00. The molecule has 1 amide bonds. The largest absolute Gasteiger partial charge is 0.494 e. The number of imidazole rings is 1. The molecule has 4 aromatic rings. The summed E-state index contributed by atoms with van der Waals surface area (Å²) in [6.45, 7) is 4.81. The van der Waals surface area contributed by atoms with E-state index in [4.69, 9.17) is 9.72 Å². The molecule has 4 heterocycles. The number of fused-ring (bicyclic) bond motifs is 2. The fraction of sp³-hybridized carbons (Fsp3) is 0.464. The van der Waals surface area contributed by atoms with Gasteiger partial charge in [0.05, 0.1) is 18.3 Å². The number of pyridine rings is 1. The van der Waals surface area contributed by atoms with E-state index in [-0.39, 0.29) is 5.91 Å². The summed E-state index contributed by atoms with van der Waals surface area (Å²) >= 11 is 0. The van der Waals surface area contributed by atoms with Crippen LogP contribution in [0.1, 0.15) is 49.4 Å². The van der Waals surface area contributed by atoms with Crippen molar-refractivity contribution in [3.05, 3.63) is 42.1 Å². The third-order valence-corrected chi connectivity index (χ3v) is 7.81. The van der Waals surface area contributed by atoms with Gasteiger partial charge in [0, 0.05) is 43.8 Å². The number of hydrogen-bond acceptors (Lipinski definition) is 4. The summed E-state index contributed by atoms with van der Waals surface area (Å²) in [6.07, 6.45) is 7.77. The van der Waals surface area contributed by atoms with Gasteiger partial charge in [-0.05, 0) is 67.9 Å². The number of ether oxygens (including phenoxy) is 1. The van der Waals surface area contributed by atoms with Crippen LogP contribution in [0.2, 0.25) is 0 Å². The maximum Gasteiger partial charge on any atom is 0.254 e. The number of aryl methyl sites for hydroxylation is 1. The van der Waals surface area contributed by atoms with Crippen molar-refractivity contribution in [3.8, 4) is 17.3 Å². The van der Waals surface area contributed by atoms with Crippen LogP contribution in [0.3, 0.4) is 0 Å². The number of carbonyl (C=O) groups excluding carboxylic acids is 1. The summed E-state index contributed by atoms with van der Waals surface area (Å²) < 4.78 is 10.2. The first-order valence-electron chi connectivity index (χ1n) is 12.9. The van der Waals surface area contributed by atoms with Crippen LogP contribution in [0.25, 0.3) is 33.6 Å². The molecule has 1 aliphatic heterocycles. The van der Waals surface area contributed by atoms with Crippen molar-refractivity contribution in [2.75, 3.05) is 20.2 Å². The fourth-order valence-electron chi connectivity index (χ4n) is 5.60. The average molecular weight is 472 g/mol. The van der Waals surface area contributed by atoms with Crippen LogP contribution in [0, 0.1) is 11.8 Å². The van der Waals surface area contributed by atoms with Gasteiger partial charge in [-0.2, -0.15) is 0 Å². The van der Waals surface area contributed by atoms with Crippen molar-refractivity contribution in [1.29, 1.82) is 0 Å². The molecule has 2 aliphatic rings. The molecule has 1 saturated carbocycles. The van der Waals surface area contributed by atoms with Crippen LogP contribution < -0.4 is 4.74 Å². The van der Waals surface area contributed by atoms with Gasteiger partial charge >= 0.3 is 0 Å². The maximum absolute atomic E-state index is 13.5. The lowest BCUT2D eigenvalue weighted by Gasteiger charge is -2.32. The number of rotatable bonds is 6. The molecule has 0 N–H and O–H groups in total. The normalized spacial score (nSPS) is 18.5. The Hall–Kier alpha value is -3.35. The molecule has 0 radical (unpaired) electrons. The molecular weight excluding hydrogens is 438 g/mol. The highest BCUT2D eigenvalue weighted by Gasteiger charge is 2.28. The van der Waals surface area contributed by atoms with E-state index in [1.54, 1.807) is 7.11 Å². The second-order valence-electron chi connectivity index (χ2n) is 10.2. The van der Waals surface area contributed by atoms with Crippen LogP contribution in [0.15, 0.2) is 36.5 Å². The summed E-state index contributed by atoms with van der Waals surface area (Å²) in [5, 5.41) is 1.12. The molecular formula is C28H33N5O2. The van der Waals surface area contributed by atoms with Crippen molar-refractivity contribution in [3.63, 3.8) is 0 Å². The van der Waals surface area contributed by atoms with E-state index in [9.17, 15) is 4.79 Å². The molecule has 1 atom stereocenters. The summed E-state index contributed by atoms with van der Waals surface area (Å²) in [6, 6.07) is 10.1. The number of methoxy groups -OCH3 is 1. The van der Waals surface area contributed by atoms with E-state index in [1.807, 2.05) is 36.3 Å². The predicted octanol–water partition coefficient (Wildman–Crippen LogP) is 5.27. The lowest BCUT2D eigenvalue weighted by atomic mass is 9.95. The predicted molar refractivity (Wildman–Crippen MR) is 138 cm³/mol. The molecule has 6 rings (SSSR count). The average Bonchev–Trinajstić information content (AvgIpc) is 3.56. The summed E-state index contributed by atoms with van der Waals surface area (Å²) in [4.78, 5) is 25.2. The molecule has 0 spiro atoms. The van der Waals surface area contributed by atoms with Gasteiger partial charge < -0.3 is 18.8 Å². The van der Waals surface area contributed by atoms with Crippen LogP contribution >= 0.6 is 0 Å². The second-order valence-corrected chi connectivity index (χ2v) is 10.2. The summed E-state index contributed by atoms with van der Waals surface area (Å²) in [7, 11) is 3.69. The molecule has 7 heteroatoms. The van der Waals surface area contributed by atoms with Gasteiger partial charge in [0.15, 0.2) is 5.82 Å². The Balaban J connectivity index is 1.45.